The van der Waals surface area contributed by atoms with Crippen molar-refractivity contribution in [3.05, 3.63) is 42.4 Å². The molecule has 1 amide bonds. The van der Waals surface area contributed by atoms with Crippen molar-refractivity contribution in [3.63, 3.8) is 0 Å². The molecule has 1 saturated heterocycles. The minimum Gasteiger partial charge on any atom is -0.477 e. The Morgan fingerprint density at radius 3 is 2.44 bits per heavy atom. The van der Waals surface area contributed by atoms with Gasteiger partial charge in [-0.3, -0.25) is 4.79 Å². The van der Waals surface area contributed by atoms with E-state index in [9.17, 15) is 4.79 Å². The molecule has 0 spiro atoms. The van der Waals surface area contributed by atoms with Crippen LogP contribution in [0.2, 0.25) is 0 Å². The maximum atomic E-state index is 12.6. The highest BCUT2D eigenvalue weighted by molar-refractivity contribution is 5.94. The third kappa shape index (κ3) is 4.43. The van der Waals surface area contributed by atoms with Gasteiger partial charge in [-0.25, -0.2) is 15.0 Å². The number of carbonyl (C=O) groups is 1. The van der Waals surface area contributed by atoms with Gasteiger partial charge in [-0.05, 0) is 18.1 Å². The van der Waals surface area contributed by atoms with E-state index in [2.05, 4.69) is 33.7 Å². The maximum absolute atomic E-state index is 12.6. The molecule has 25 heavy (non-hydrogen) atoms. The topological polar surface area (TPSA) is 71.5 Å². The first-order valence-corrected chi connectivity index (χ1v) is 8.53. The number of carbonyl (C=O) groups excluding carboxylic acids is 1. The van der Waals surface area contributed by atoms with Gasteiger partial charge < -0.3 is 14.5 Å². The van der Waals surface area contributed by atoms with E-state index < -0.39 is 0 Å². The molecule has 2 aromatic rings. The SMILES string of the molecule is CC(C)COc1ccc(C(=O)N2CCN(c3ncccn3)CC2)cn1. The molecule has 0 radical (unpaired) electrons. The van der Waals surface area contributed by atoms with Crippen molar-refractivity contribution >= 4 is 11.9 Å². The lowest BCUT2D eigenvalue weighted by molar-refractivity contribution is 0.0745. The van der Waals surface area contributed by atoms with E-state index in [1.807, 2.05) is 4.90 Å². The summed E-state index contributed by atoms with van der Waals surface area (Å²) in [5.41, 5.74) is 0.585. The van der Waals surface area contributed by atoms with Gasteiger partial charge in [-0.1, -0.05) is 13.8 Å². The van der Waals surface area contributed by atoms with E-state index in [-0.39, 0.29) is 5.91 Å². The Hall–Kier alpha value is -2.70. The molecule has 7 heteroatoms. The lowest BCUT2D eigenvalue weighted by Crippen LogP contribution is -2.49. The molecule has 0 bridgehead atoms. The van der Waals surface area contributed by atoms with Crippen molar-refractivity contribution in [2.75, 3.05) is 37.7 Å². The summed E-state index contributed by atoms with van der Waals surface area (Å²) < 4.78 is 5.55. The van der Waals surface area contributed by atoms with Crippen LogP contribution >= 0.6 is 0 Å². The minimum absolute atomic E-state index is 0.00320. The second-order valence-electron chi connectivity index (χ2n) is 6.42. The molecule has 3 heterocycles. The Labute approximate surface area is 147 Å². The molecule has 132 valence electrons. The van der Waals surface area contributed by atoms with Gasteiger partial charge in [-0.15, -0.1) is 0 Å². The Morgan fingerprint density at radius 1 is 1.12 bits per heavy atom. The summed E-state index contributed by atoms with van der Waals surface area (Å²) in [4.78, 5) is 29.3. The number of ether oxygens (including phenoxy) is 1. The molecule has 0 aliphatic carbocycles. The monoisotopic (exact) mass is 341 g/mol. The van der Waals surface area contributed by atoms with E-state index in [4.69, 9.17) is 4.74 Å². The Kier molecular flexibility index (Phi) is 5.42. The number of rotatable bonds is 5. The van der Waals surface area contributed by atoms with Crippen molar-refractivity contribution in [1.82, 2.24) is 19.9 Å². The number of anilines is 1. The van der Waals surface area contributed by atoms with E-state index in [0.29, 0.717) is 43.0 Å². The van der Waals surface area contributed by atoms with Crippen molar-refractivity contribution in [2.24, 2.45) is 5.92 Å². The van der Waals surface area contributed by atoms with E-state index >= 15 is 0 Å². The van der Waals surface area contributed by atoms with Crippen LogP contribution in [0, 0.1) is 5.92 Å². The van der Waals surface area contributed by atoms with Crippen LogP contribution in [0.5, 0.6) is 5.88 Å². The first-order valence-electron chi connectivity index (χ1n) is 8.53. The zero-order chi connectivity index (χ0) is 17.6. The zero-order valence-corrected chi connectivity index (χ0v) is 14.6. The minimum atomic E-state index is -0.00320. The highest BCUT2D eigenvalue weighted by Gasteiger charge is 2.23. The predicted molar refractivity (Wildman–Crippen MR) is 94.7 cm³/mol. The van der Waals surface area contributed by atoms with Crippen LogP contribution in [0.4, 0.5) is 5.95 Å². The summed E-state index contributed by atoms with van der Waals surface area (Å²) in [5, 5.41) is 0. The number of hydrogen-bond donors (Lipinski definition) is 0. The standard InChI is InChI=1S/C18H23N5O2/c1-14(2)13-25-16-5-4-15(12-21-16)17(24)22-8-10-23(11-9-22)18-19-6-3-7-20-18/h3-7,12,14H,8-11,13H2,1-2H3. The molecule has 1 aliphatic heterocycles. The van der Waals surface area contributed by atoms with Crippen LogP contribution in [-0.4, -0.2) is 58.5 Å². The average Bonchev–Trinajstić information content (AvgIpc) is 2.67. The van der Waals surface area contributed by atoms with Crippen molar-refractivity contribution in [3.8, 4) is 5.88 Å². The van der Waals surface area contributed by atoms with E-state index in [0.717, 1.165) is 13.1 Å². The van der Waals surface area contributed by atoms with Crippen LogP contribution in [0.3, 0.4) is 0 Å². The quantitative estimate of drug-likeness (QED) is 0.827. The number of hydrogen-bond acceptors (Lipinski definition) is 6. The third-order valence-corrected chi connectivity index (χ3v) is 3.95. The lowest BCUT2D eigenvalue weighted by Gasteiger charge is -2.34. The molecule has 0 atom stereocenters. The summed E-state index contributed by atoms with van der Waals surface area (Å²) in [5.74, 6) is 1.70. The largest absolute Gasteiger partial charge is 0.477 e. The Bertz CT molecular complexity index is 682. The second-order valence-corrected chi connectivity index (χ2v) is 6.42. The fraction of sp³-hybridized carbons (Fsp3) is 0.444. The number of amides is 1. The molecule has 7 nitrogen and oxygen atoms in total. The fourth-order valence-corrected chi connectivity index (χ4v) is 2.59. The molecule has 0 saturated carbocycles. The molecule has 0 aromatic carbocycles. The highest BCUT2D eigenvalue weighted by atomic mass is 16.5. The molecule has 1 fully saturated rings. The lowest BCUT2D eigenvalue weighted by atomic mass is 10.2. The highest BCUT2D eigenvalue weighted by Crippen LogP contribution is 2.14. The fourth-order valence-electron chi connectivity index (χ4n) is 2.59. The molecule has 2 aromatic heterocycles. The zero-order valence-electron chi connectivity index (χ0n) is 14.6. The van der Waals surface area contributed by atoms with Crippen LogP contribution in [0.15, 0.2) is 36.8 Å². The summed E-state index contributed by atoms with van der Waals surface area (Å²) in [7, 11) is 0. The Morgan fingerprint density at radius 2 is 1.84 bits per heavy atom. The summed E-state index contributed by atoms with van der Waals surface area (Å²) >= 11 is 0. The Balaban J connectivity index is 1.55. The summed E-state index contributed by atoms with van der Waals surface area (Å²) in [6.07, 6.45) is 5.05. The van der Waals surface area contributed by atoms with E-state index in [1.165, 1.54) is 0 Å². The van der Waals surface area contributed by atoms with Crippen LogP contribution in [0.25, 0.3) is 0 Å². The predicted octanol–water partition coefficient (Wildman–Crippen LogP) is 1.87. The van der Waals surface area contributed by atoms with Crippen molar-refractivity contribution < 1.29 is 9.53 Å². The van der Waals surface area contributed by atoms with Gasteiger partial charge in [-0.2, -0.15) is 0 Å². The average molecular weight is 341 g/mol. The van der Waals surface area contributed by atoms with Gasteiger partial charge >= 0.3 is 0 Å². The second kappa shape index (κ2) is 7.92. The van der Waals surface area contributed by atoms with Gasteiger partial charge in [0.2, 0.25) is 11.8 Å². The number of aromatic nitrogens is 3. The summed E-state index contributed by atoms with van der Waals surface area (Å²) in [6, 6.07) is 5.33. The third-order valence-electron chi connectivity index (χ3n) is 3.95. The van der Waals surface area contributed by atoms with Crippen molar-refractivity contribution in [2.45, 2.75) is 13.8 Å². The van der Waals surface area contributed by atoms with Crippen LogP contribution in [-0.2, 0) is 0 Å². The van der Waals surface area contributed by atoms with Crippen molar-refractivity contribution in [1.29, 1.82) is 0 Å². The number of nitrogens with zero attached hydrogens (tertiary/aromatic N) is 5. The first-order chi connectivity index (χ1) is 12.1. The smallest absolute Gasteiger partial charge is 0.255 e. The first kappa shape index (κ1) is 17.1. The molecular formula is C18H23N5O2. The van der Waals surface area contributed by atoms with E-state index in [1.54, 1.807) is 36.8 Å². The van der Waals surface area contributed by atoms with Gasteiger partial charge in [0, 0.05) is 50.8 Å². The van der Waals surface area contributed by atoms with Crippen LogP contribution < -0.4 is 9.64 Å². The normalized spacial score (nSPS) is 14.7. The molecule has 0 unspecified atom stereocenters. The maximum Gasteiger partial charge on any atom is 0.255 e. The number of piperazine rings is 1. The molecular weight excluding hydrogens is 318 g/mol. The summed E-state index contributed by atoms with van der Waals surface area (Å²) in [6.45, 7) is 7.50. The van der Waals surface area contributed by atoms with Gasteiger partial charge in [0.1, 0.15) is 0 Å². The van der Waals surface area contributed by atoms with Crippen LogP contribution in [0.1, 0.15) is 24.2 Å². The van der Waals surface area contributed by atoms with Gasteiger partial charge in [0.25, 0.3) is 5.91 Å². The van der Waals surface area contributed by atoms with Gasteiger partial charge in [0.05, 0.1) is 12.2 Å². The molecule has 3 rings (SSSR count). The number of pyridine rings is 1. The van der Waals surface area contributed by atoms with Gasteiger partial charge in [0.15, 0.2) is 0 Å². The molecule has 1 aliphatic rings. The molecule has 0 N–H and O–H groups in total.